The SMILES string of the molecule is COC(=O)COc1cc(/C=C/C(=O)O)ccc1OC. The average Bonchev–Trinajstić information content (AvgIpc) is 2.42. The molecule has 1 aromatic rings. The summed E-state index contributed by atoms with van der Waals surface area (Å²) >= 11 is 0. The lowest BCUT2D eigenvalue weighted by Crippen LogP contribution is -2.13. The molecule has 0 fully saturated rings. The smallest absolute Gasteiger partial charge is 0.343 e. The standard InChI is InChI=1S/C13H14O6/c1-17-10-5-3-9(4-6-12(14)15)7-11(10)19-8-13(16)18-2/h3-7H,8H2,1-2H3,(H,14,15)/b6-4+. The van der Waals surface area contributed by atoms with Crippen molar-refractivity contribution in [3.8, 4) is 11.5 Å². The maximum atomic E-state index is 11.0. The number of carbonyl (C=O) groups is 2. The summed E-state index contributed by atoms with van der Waals surface area (Å²) in [6, 6.07) is 4.86. The molecule has 0 unspecified atom stereocenters. The number of hydrogen-bond acceptors (Lipinski definition) is 5. The third-order valence-corrected chi connectivity index (χ3v) is 2.18. The first-order valence-electron chi connectivity index (χ1n) is 5.35. The monoisotopic (exact) mass is 266 g/mol. The normalized spacial score (nSPS) is 10.2. The lowest BCUT2D eigenvalue weighted by atomic mass is 10.2. The molecule has 0 heterocycles. The molecule has 0 spiro atoms. The van der Waals surface area contributed by atoms with E-state index in [0.717, 1.165) is 6.08 Å². The summed E-state index contributed by atoms with van der Waals surface area (Å²) in [5.41, 5.74) is 0.614. The van der Waals surface area contributed by atoms with Gasteiger partial charge in [-0.05, 0) is 23.8 Å². The van der Waals surface area contributed by atoms with Gasteiger partial charge in [-0.2, -0.15) is 0 Å². The van der Waals surface area contributed by atoms with Crippen LogP contribution in [-0.4, -0.2) is 37.9 Å². The van der Waals surface area contributed by atoms with Crippen LogP contribution in [0.15, 0.2) is 24.3 Å². The molecule has 19 heavy (non-hydrogen) atoms. The van der Waals surface area contributed by atoms with Crippen LogP contribution in [0.4, 0.5) is 0 Å². The van der Waals surface area contributed by atoms with E-state index in [0.29, 0.717) is 17.1 Å². The lowest BCUT2D eigenvalue weighted by Gasteiger charge is -2.10. The summed E-state index contributed by atoms with van der Waals surface area (Å²) < 4.78 is 14.8. The van der Waals surface area contributed by atoms with E-state index in [-0.39, 0.29) is 6.61 Å². The van der Waals surface area contributed by atoms with Gasteiger partial charge in [0.25, 0.3) is 0 Å². The Morgan fingerprint density at radius 2 is 2.00 bits per heavy atom. The number of rotatable bonds is 6. The highest BCUT2D eigenvalue weighted by atomic mass is 16.6. The van der Waals surface area contributed by atoms with Crippen molar-refractivity contribution in [1.29, 1.82) is 0 Å². The number of esters is 1. The van der Waals surface area contributed by atoms with E-state index in [9.17, 15) is 9.59 Å². The lowest BCUT2D eigenvalue weighted by molar-refractivity contribution is -0.143. The minimum absolute atomic E-state index is 0.251. The van der Waals surface area contributed by atoms with E-state index < -0.39 is 11.9 Å². The van der Waals surface area contributed by atoms with Crippen LogP contribution in [0.25, 0.3) is 6.08 Å². The van der Waals surface area contributed by atoms with Gasteiger partial charge >= 0.3 is 11.9 Å². The topological polar surface area (TPSA) is 82.1 Å². The maximum absolute atomic E-state index is 11.0. The van der Waals surface area contributed by atoms with Crippen LogP contribution in [-0.2, 0) is 14.3 Å². The van der Waals surface area contributed by atoms with Crippen molar-refractivity contribution in [2.75, 3.05) is 20.8 Å². The van der Waals surface area contributed by atoms with Gasteiger partial charge in [0.15, 0.2) is 18.1 Å². The van der Waals surface area contributed by atoms with Gasteiger partial charge in [0, 0.05) is 6.08 Å². The molecule has 0 saturated heterocycles. The zero-order chi connectivity index (χ0) is 14.3. The number of benzene rings is 1. The molecule has 0 amide bonds. The van der Waals surface area contributed by atoms with Gasteiger partial charge in [0.2, 0.25) is 0 Å². The number of ether oxygens (including phenoxy) is 3. The van der Waals surface area contributed by atoms with Gasteiger partial charge in [-0.3, -0.25) is 0 Å². The quantitative estimate of drug-likeness (QED) is 0.618. The predicted molar refractivity (Wildman–Crippen MR) is 67.2 cm³/mol. The predicted octanol–water partition coefficient (Wildman–Crippen LogP) is 1.34. The summed E-state index contributed by atoms with van der Waals surface area (Å²) in [7, 11) is 2.72. The van der Waals surface area contributed by atoms with E-state index >= 15 is 0 Å². The molecule has 0 saturated carbocycles. The van der Waals surface area contributed by atoms with Crippen LogP contribution in [0.5, 0.6) is 11.5 Å². The number of carboxylic acid groups (broad SMARTS) is 1. The Morgan fingerprint density at radius 3 is 2.58 bits per heavy atom. The van der Waals surface area contributed by atoms with Gasteiger partial charge in [-0.15, -0.1) is 0 Å². The molecule has 6 heteroatoms. The summed E-state index contributed by atoms with van der Waals surface area (Å²) in [4.78, 5) is 21.4. The molecule has 0 aliphatic heterocycles. The summed E-state index contributed by atoms with van der Waals surface area (Å²) in [6.45, 7) is -0.251. The fourth-order valence-electron chi connectivity index (χ4n) is 1.27. The first-order valence-corrected chi connectivity index (χ1v) is 5.35. The van der Waals surface area contributed by atoms with Crippen molar-refractivity contribution in [2.24, 2.45) is 0 Å². The van der Waals surface area contributed by atoms with Gasteiger partial charge in [-0.1, -0.05) is 6.07 Å². The Labute approximate surface area is 110 Å². The molecular weight excluding hydrogens is 252 g/mol. The molecule has 6 nitrogen and oxygen atoms in total. The Hall–Kier alpha value is -2.50. The van der Waals surface area contributed by atoms with Gasteiger partial charge < -0.3 is 19.3 Å². The number of methoxy groups -OCH3 is 2. The Bertz CT molecular complexity index is 492. The first-order chi connectivity index (χ1) is 9.06. The highest BCUT2D eigenvalue weighted by Gasteiger charge is 2.08. The van der Waals surface area contributed by atoms with Crippen molar-refractivity contribution < 1.29 is 28.9 Å². The fourth-order valence-corrected chi connectivity index (χ4v) is 1.27. The van der Waals surface area contributed by atoms with E-state index in [1.54, 1.807) is 18.2 Å². The molecule has 0 aromatic heterocycles. The second-order valence-electron chi connectivity index (χ2n) is 3.45. The number of carboxylic acids is 1. The van der Waals surface area contributed by atoms with Gasteiger partial charge in [-0.25, -0.2) is 9.59 Å². The summed E-state index contributed by atoms with van der Waals surface area (Å²) in [5, 5.41) is 8.55. The Morgan fingerprint density at radius 1 is 1.26 bits per heavy atom. The molecule has 1 aromatic carbocycles. The van der Waals surface area contributed by atoms with Crippen LogP contribution in [0, 0.1) is 0 Å². The molecule has 1 N–H and O–H groups in total. The third-order valence-electron chi connectivity index (χ3n) is 2.18. The van der Waals surface area contributed by atoms with Crippen molar-refractivity contribution >= 4 is 18.0 Å². The highest BCUT2D eigenvalue weighted by molar-refractivity contribution is 5.85. The summed E-state index contributed by atoms with van der Waals surface area (Å²) in [5.74, 6) is -0.793. The minimum atomic E-state index is -1.05. The van der Waals surface area contributed by atoms with E-state index in [2.05, 4.69) is 4.74 Å². The highest BCUT2D eigenvalue weighted by Crippen LogP contribution is 2.28. The number of aliphatic carboxylic acids is 1. The first kappa shape index (κ1) is 14.6. The van der Waals surface area contributed by atoms with Crippen molar-refractivity contribution in [3.05, 3.63) is 29.8 Å². The van der Waals surface area contributed by atoms with Crippen LogP contribution >= 0.6 is 0 Å². The molecule has 0 aliphatic rings. The zero-order valence-corrected chi connectivity index (χ0v) is 10.6. The van der Waals surface area contributed by atoms with Crippen LogP contribution in [0.1, 0.15) is 5.56 Å². The molecule has 0 atom stereocenters. The Kier molecular flexibility index (Phi) is 5.40. The summed E-state index contributed by atoms with van der Waals surface area (Å²) in [6.07, 6.45) is 2.42. The van der Waals surface area contributed by atoms with Crippen LogP contribution in [0.3, 0.4) is 0 Å². The molecular formula is C13H14O6. The second-order valence-corrected chi connectivity index (χ2v) is 3.45. The minimum Gasteiger partial charge on any atom is -0.493 e. The van der Waals surface area contributed by atoms with Crippen molar-refractivity contribution in [1.82, 2.24) is 0 Å². The Balaban J connectivity index is 2.89. The van der Waals surface area contributed by atoms with Crippen molar-refractivity contribution in [2.45, 2.75) is 0 Å². The van der Waals surface area contributed by atoms with Gasteiger partial charge in [0.05, 0.1) is 14.2 Å². The van der Waals surface area contributed by atoms with Crippen molar-refractivity contribution in [3.63, 3.8) is 0 Å². The van der Waals surface area contributed by atoms with E-state index in [1.807, 2.05) is 0 Å². The largest absolute Gasteiger partial charge is 0.493 e. The third kappa shape index (κ3) is 4.71. The maximum Gasteiger partial charge on any atom is 0.343 e. The van der Waals surface area contributed by atoms with E-state index in [1.165, 1.54) is 20.3 Å². The molecule has 0 radical (unpaired) electrons. The molecule has 102 valence electrons. The number of hydrogen-bond donors (Lipinski definition) is 1. The average molecular weight is 266 g/mol. The fraction of sp³-hybridized carbons (Fsp3) is 0.231. The zero-order valence-electron chi connectivity index (χ0n) is 10.6. The molecule has 1 rings (SSSR count). The van der Waals surface area contributed by atoms with Crippen LogP contribution in [0.2, 0.25) is 0 Å². The van der Waals surface area contributed by atoms with Gasteiger partial charge in [0.1, 0.15) is 0 Å². The number of carbonyl (C=O) groups excluding carboxylic acids is 1. The second kappa shape index (κ2) is 7.05. The molecule has 0 bridgehead atoms. The molecule has 0 aliphatic carbocycles. The van der Waals surface area contributed by atoms with E-state index in [4.69, 9.17) is 14.6 Å². The van der Waals surface area contributed by atoms with Crippen LogP contribution < -0.4 is 9.47 Å².